The zero-order chi connectivity index (χ0) is 13.1. The van der Waals surface area contributed by atoms with Crippen molar-refractivity contribution in [1.29, 1.82) is 0 Å². The molecule has 1 amide bonds. The predicted molar refractivity (Wildman–Crippen MR) is 72.5 cm³/mol. The molecule has 0 unspecified atom stereocenters. The van der Waals surface area contributed by atoms with E-state index >= 15 is 0 Å². The lowest BCUT2D eigenvalue weighted by molar-refractivity contribution is 0.102. The molecule has 94 valence electrons. The number of thiazole rings is 1. The average Bonchev–Trinajstić information content (AvgIpc) is 2.69. The second-order valence-electron chi connectivity index (χ2n) is 3.80. The van der Waals surface area contributed by atoms with Crippen LogP contribution in [0.25, 0.3) is 0 Å². The minimum Gasteiger partial charge on any atom is -0.495 e. The standard InChI is InChI=1S/C13H14N2O2S/c1-8-12(18-9(2)14-8)13(16)15-10-6-4-5-7-11(10)17-3/h4-7H,1-3H3,(H,15,16). The lowest BCUT2D eigenvalue weighted by Gasteiger charge is -2.08. The van der Waals surface area contributed by atoms with Gasteiger partial charge in [0.25, 0.3) is 5.91 Å². The molecule has 1 aromatic heterocycles. The summed E-state index contributed by atoms with van der Waals surface area (Å²) in [6.45, 7) is 3.72. The van der Waals surface area contributed by atoms with E-state index in [0.717, 1.165) is 10.7 Å². The number of hydrogen-bond acceptors (Lipinski definition) is 4. The van der Waals surface area contributed by atoms with Crippen LogP contribution in [0, 0.1) is 13.8 Å². The van der Waals surface area contributed by atoms with Crippen molar-refractivity contribution in [2.24, 2.45) is 0 Å². The number of ether oxygens (including phenoxy) is 1. The van der Waals surface area contributed by atoms with E-state index in [4.69, 9.17) is 4.74 Å². The number of carbonyl (C=O) groups excluding carboxylic acids is 1. The second-order valence-corrected chi connectivity index (χ2v) is 5.01. The van der Waals surface area contributed by atoms with Crippen LogP contribution in [-0.2, 0) is 0 Å². The summed E-state index contributed by atoms with van der Waals surface area (Å²) in [5.74, 6) is 0.493. The lowest BCUT2D eigenvalue weighted by Crippen LogP contribution is -2.12. The van der Waals surface area contributed by atoms with Crippen LogP contribution < -0.4 is 10.1 Å². The summed E-state index contributed by atoms with van der Waals surface area (Å²) in [6, 6.07) is 7.32. The van der Waals surface area contributed by atoms with Crippen molar-refractivity contribution in [3.8, 4) is 5.75 Å². The Morgan fingerprint density at radius 2 is 2.06 bits per heavy atom. The summed E-state index contributed by atoms with van der Waals surface area (Å²) >= 11 is 1.39. The Morgan fingerprint density at radius 3 is 2.67 bits per heavy atom. The Hall–Kier alpha value is -1.88. The third kappa shape index (κ3) is 2.51. The number of para-hydroxylation sites is 2. The number of aryl methyl sites for hydroxylation is 2. The van der Waals surface area contributed by atoms with E-state index in [1.807, 2.05) is 26.0 Å². The molecule has 0 spiro atoms. The van der Waals surface area contributed by atoms with Gasteiger partial charge in [-0.25, -0.2) is 4.98 Å². The predicted octanol–water partition coefficient (Wildman–Crippen LogP) is 3.02. The monoisotopic (exact) mass is 262 g/mol. The number of nitrogens with zero attached hydrogens (tertiary/aromatic N) is 1. The van der Waals surface area contributed by atoms with Crippen LogP contribution in [0.3, 0.4) is 0 Å². The highest BCUT2D eigenvalue weighted by Crippen LogP contribution is 2.25. The van der Waals surface area contributed by atoms with Gasteiger partial charge in [0.1, 0.15) is 10.6 Å². The number of methoxy groups -OCH3 is 1. The van der Waals surface area contributed by atoms with Gasteiger partial charge in [-0.3, -0.25) is 4.79 Å². The first-order valence-corrected chi connectivity index (χ1v) is 6.32. The Morgan fingerprint density at radius 1 is 1.33 bits per heavy atom. The molecule has 1 heterocycles. The van der Waals surface area contributed by atoms with Gasteiger partial charge in [-0.1, -0.05) is 12.1 Å². The number of carbonyl (C=O) groups is 1. The van der Waals surface area contributed by atoms with Gasteiger partial charge in [-0.15, -0.1) is 11.3 Å². The molecule has 0 fully saturated rings. The maximum atomic E-state index is 12.1. The summed E-state index contributed by atoms with van der Waals surface area (Å²) in [5, 5.41) is 3.73. The van der Waals surface area contributed by atoms with E-state index in [0.29, 0.717) is 16.3 Å². The molecular weight excluding hydrogens is 248 g/mol. The molecule has 1 aromatic carbocycles. The van der Waals surface area contributed by atoms with Gasteiger partial charge in [0.15, 0.2) is 0 Å². The smallest absolute Gasteiger partial charge is 0.267 e. The summed E-state index contributed by atoms with van der Waals surface area (Å²) < 4.78 is 5.19. The molecule has 0 radical (unpaired) electrons. The first-order chi connectivity index (χ1) is 8.61. The van der Waals surface area contributed by atoms with Gasteiger partial charge in [0.05, 0.1) is 23.5 Å². The molecule has 0 saturated carbocycles. The van der Waals surface area contributed by atoms with Crippen LogP contribution in [0.4, 0.5) is 5.69 Å². The fraction of sp³-hybridized carbons (Fsp3) is 0.231. The van der Waals surface area contributed by atoms with Gasteiger partial charge >= 0.3 is 0 Å². The van der Waals surface area contributed by atoms with Crippen LogP contribution in [0.1, 0.15) is 20.4 Å². The quantitative estimate of drug-likeness (QED) is 0.925. The molecule has 4 nitrogen and oxygen atoms in total. The number of benzene rings is 1. The fourth-order valence-electron chi connectivity index (χ4n) is 1.67. The molecular formula is C13H14N2O2S. The maximum absolute atomic E-state index is 12.1. The van der Waals surface area contributed by atoms with Crippen LogP contribution in [0.15, 0.2) is 24.3 Å². The van der Waals surface area contributed by atoms with E-state index in [2.05, 4.69) is 10.3 Å². The van der Waals surface area contributed by atoms with Crippen molar-refractivity contribution in [1.82, 2.24) is 4.98 Å². The highest BCUT2D eigenvalue weighted by atomic mass is 32.1. The summed E-state index contributed by atoms with van der Waals surface area (Å²) in [6.07, 6.45) is 0. The van der Waals surface area contributed by atoms with Crippen molar-refractivity contribution in [3.05, 3.63) is 39.8 Å². The molecule has 0 bridgehead atoms. The van der Waals surface area contributed by atoms with Crippen molar-refractivity contribution < 1.29 is 9.53 Å². The molecule has 18 heavy (non-hydrogen) atoms. The minimum absolute atomic E-state index is 0.150. The number of aromatic nitrogens is 1. The number of hydrogen-bond donors (Lipinski definition) is 1. The summed E-state index contributed by atoms with van der Waals surface area (Å²) in [7, 11) is 1.58. The first kappa shape index (κ1) is 12.6. The van der Waals surface area contributed by atoms with Gasteiger partial charge in [0.2, 0.25) is 0 Å². The largest absolute Gasteiger partial charge is 0.495 e. The topological polar surface area (TPSA) is 51.2 Å². The van der Waals surface area contributed by atoms with E-state index in [9.17, 15) is 4.79 Å². The van der Waals surface area contributed by atoms with E-state index < -0.39 is 0 Å². The molecule has 0 saturated heterocycles. The average molecular weight is 262 g/mol. The number of rotatable bonds is 3. The maximum Gasteiger partial charge on any atom is 0.267 e. The zero-order valence-corrected chi connectivity index (χ0v) is 11.3. The van der Waals surface area contributed by atoms with Gasteiger partial charge < -0.3 is 10.1 Å². The Labute approximate surface area is 110 Å². The Kier molecular flexibility index (Phi) is 3.62. The molecule has 2 rings (SSSR count). The second kappa shape index (κ2) is 5.18. The molecule has 0 aliphatic heterocycles. The lowest BCUT2D eigenvalue weighted by atomic mass is 10.3. The van der Waals surface area contributed by atoms with E-state index in [1.54, 1.807) is 19.2 Å². The highest BCUT2D eigenvalue weighted by Gasteiger charge is 2.15. The number of anilines is 1. The number of amides is 1. The third-order valence-electron chi connectivity index (χ3n) is 2.46. The highest BCUT2D eigenvalue weighted by molar-refractivity contribution is 7.13. The first-order valence-electron chi connectivity index (χ1n) is 5.50. The van der Waals surface area contributed by atoms with Crippen LogP contribution in [-0.4, -0.2) is 18.0 Å². The Balaban J connectivity index is 2.24. The van der Waals surface area contributed by atoms with Gasteiger partial charge in [0, 0.05) is 0 Å². The summed E-state index contributed by atoms with van der Waals surface area (Å²) in [5.41, 5.74) is 1.42. The van der Waals surface area contributed by atoms with Crippen molar-refractivity contribution in [2.45, 2.75) is 13.8 Å². The van der Waals surface area contributed by atoms with Crippen molar-refractivity contribution >= 4 is 22.9 Å². The molecule has 0 aliphatic carbocycles. The molecule has 5 heteroatoms. The zero-order valence-electron chi connectivity index (χ0n) is 10.5. The van der Waals surface area contributed by atoms with Gasteiger partial charge in [-0.05, 0) is 26.0 Å². The van der Waals surface area contributed by atoms with Gasteiger partial charge in [-0.2, -0.15) is 0 Å². The summed E-state index contributed by atoms with van der Waals surface area (Å²) in [4.78, 5) is 17.0. The van der Waals surface area contributed by atoms with E-state index in [1.165, 1.54) is 11.3 Å². The normalized spacial score (nSPS) is 10.2. The minimum atomic E-state index is -0.150. The van der Waals surface area contributed by atoms with Crippen LogP contribution in [0.2, 0.25) is 0 Å². The van der Waals surface area contributed by atoms with Crippen LogP contribution in [0.5, 0.6) is 5.75 Å². The van der Waals surface area contributed by atoms with Crippen molar-refractivity contribution in [3.63, 3.8) is 0 Å². The SMILES string of the molecule is COc1ccccc1NC(=O)c1sc(C)nc1C. The van der Waals surface area contributed by atoms with E-state index in [-0.39, 0.29) is 5.91 Å². The molecule has 2 aromatic rings. The number of nitrogens with one attached hydrogen (secondary N) is 1. The van der Waals surface area contributed by atoms with Crippen molar-refractivity contribution in [2.75, 3.05) is 12.4 Å². The Bertz CT molecular complexity index is 578. The molecule has 1 N–H and O–H groups in total. The third-order valence-corrected chi connectivity index (χ3v) is 3.54. The van der Waals surface area contributed by atoms with Crippen LogP contribution >= 0.6 is 11.3 Å². The molecule has 0 atom stereocenters. The fourth-order valence-corrected chi connectivity index (χ4v) is 2.48. The molecule has 0 aliphatic rings.